The smallest absolute Gasteiger partial charge is 0.408 e. The molecule has 0 amide bonds. The predicted octanol–water partition coefficient (Wildman–Crippen LogP) is 2.56. The van der Waals surface area contributed by atoms with Gasteiger partial charge in [0.15, 0.2) is 5.58 Å². The first-order chi connectivity index (χ1) is 10.8. The minimum Gasteiger partial charge on any atom is -0.408 e. The zero-order chi connectivity index (χ0) is 16.6. The van der Waals surface area contributed by atoms with Crippen molar-refractivity contribution < 1.29 is 12.8 Å². The van der Waals surface area contributed by atoms with Crippen LogP contribution in [0.25, 0.3) is 11.1 Å². The Morgan fingerprint density at radius 3 is 2.61 bits per heavy atom. The number of aromatic nitrogens is 1. The molecule has 0 spiro atoms. The van der Waals surface area contributed by atoms with Crippen LogP contribution >= 0.6 is 11.6 Å². The maximum absolute atomic E-state index is 12.4. The molecule has 1 heterocycles. The second kappa shape index (κ2) is 5.84. The van der Waals surface area contributed by atoms with Crippen LogP contribution in [0.2, 0.25) is 5.02 Å². The first-order valence-electron chi connectivity index (χ1n) is 6.73. The summed E-state index contributed by atoms with van der Waals surface area (Å²) in [4.78, 5) is 13.5. The molecule has 0 saturated heterocycles. The van der Waals surface area contributed by atoms with E-state index in [1.165, 1.54) is 12.1 Å². The van der Waals surface area contributed by atoms with Crippen molar-refractivity contribution in [3.8, 4) is 0 Å². The first-order valence-corrected chi connectivity index (χ1v) is 8.59. The molecule has 3 rings (SSSR count). The second-order valence-corrected chi connectivity index (χ2v) is 7.25. The molecular formula is C15H13ClN2O4S. The molecule has 6 nitrogen and oxygen atoms in total. The van der Waals surface area contributed by atoms with Crippen LogP contribution in [0.3, 0.4) is 0 Å². The number of hydrogen-bond donors (Lipinski definition) is 2. The number of aromatic amines is 1. The van der Waals surface area contributed by atoms with Gasteiger partial charge in [0, 0.05) is 12.6 Å². The van der Waals surface area contributed by atoms with Crippen LogP contribution in [0.15, 0.2) is 50.5 Å². The minimum absolute atomic E-state index is 0.00551. The standard InChI is InChI=1S/C15H13ClN2O4S/c1-9-2-4-10(5-3-9)8-17-23(20,21)14-7-13-12(6-11(14)16)18-15(19)22-13/h2-7,17H,8H2,1H3,(H,18,19). The molecule has 0 aliphatic heterocycles. The number of fused-ring (bicyclic) bond motifs is 1. The van der Waals surface area contributed by atoms with Crippen LogP contribution in [0.4, 0.5) is 0 Å². The quantitative estimate of drug-likeness (QED) is 0.754. The highest BCUT2D eigenvalue weighted by molar-refractivity contribution is 7.89. The number of H-pyrrole nitrogens is 1. The van der Waals surface area contributed by atoms with Crippen molar-refractivity contribution >= 4 is 32.7 Å². The highest BCUT2D eigenvalue weighted by Gasteiger charge is 2.20. The molecule has 1 aromatic heterocycles. The molecule has 8 heteroatoms. The van der Waals surface area contributed by atoms with Gasteiger partial charge in [-0.05, 0) is 18.6 Å². The van der Waals surface area contributed by atoms with Gasteiger partial charge in [-0.2, -0.15) is 0 Å². The summed E-state index contributed by atoms with van der Waals surface area (Å²) in [7, 11) is -3.84. The molecule has 0 fully saturated rings. The molecular weight excluding hydrogens is 340 g/mol. The van der Waals surface area contributed by atoms with Crippen molar-refractivity contribution in [3.05, 3.63) is 63.1 Å². The molecule has 2 N–H and O–H groups in total. The molecule has 0 radical (unpaired) electrons. The van der Waals surface area contributed by atoms with Gasteiger partial charge in [0.05, 0.1) is 10.5 Å². The topological polar surface area (TPSA) is 92.2 Å². The number of benzene rings is 2. The maximum atomic E-state index is 12.4. The molecule has 0 atom stereocenters. The van der Waals surface area contributed by atoms with Gasteiger partial charge in [0.1, 0.15) is 4.90 Å². The number of oxazole rings is 1. The fourth-order valence-electron chi connectivity index (χ4n) is 2.12. The predicted molar refractivity (Wildman–Crippen MR) is 87.0 cm³/mol. The average Bonchev–Trinajstić information content (AvgIpc) is 2.85. The zero-order valence-corrected chi connectivity index (χ0v) is 13.7. The summed E-state index contributed by atoms with van der Waals surface area (Å²) in [5, 5.41) is 0.00551. The van der Waals surface area contributed by atoms with Crippen LogP contribution in [0.5, 0.6) is 0 Å². The zero-order valence-electron chi connectivity index (χ0n) is 12.1. The van der Waals surface area contributed by atoms with Crippen molar-refractivity contribution in [3.63, 3.8) is 0 Å². The summed E-state index contributed by atoms with van der Waals surface area (Å²) < 4.78 is 32.2. The Hall–Kier alpha value is -2.09. The number of hydrogen-bond acceptors (Lipinski definition) is 4. The molecule has 0 saturated carbocycles. The lowest BCUT2D eigenvalue weighted by Crippen LogP contribution is -2.23. The summed E-state index contributed by atoms with van der Waals surface area (Å²) in [6.45, 7) is 2.08. The van der Waals surface area contributed by atoms with E-state index in [0.717, 1.165) is 11.1 Å². The van der Waals surface area contributed by atoms with Crippen molar-refractivity contribution in [2.45, 2.75) is 18.4 Å². The third-order valence-electron chi connectivity index (χ3n) is 3.35. The van der Waals surface area contributed by atoms with Crippen molar-refractivity contribution in [1.82, 2.24) is 9.71 Å². The summed E-state index contributed by atoms with van der Waals surface area (Å²) in [5.41, 5.74) is 2.39. The Morgan fingerprint density at radius 2 is 1.91 bits per heavy atom. The van der Waals surface area contributed by atoms with Crippen molar-refractivity contribution in [1.29, 1.82) is 0 Å². The van der Waals surface area contributed by atoms with Crippen LogP contribution in [-0.2, 0) is 16.6 Å². The monoisotopic (exact) mass is 352 g/mol. The number of aryl methyl sites for hydroxylation is 1. The van der Waals surface area contributed by atoms with Crippen LogP contribution < -0.4 is 10.5 Å². The van der Waals surface area contributed by atoms with Gasteiger partial charge in [-0.25, -0.2) is 17.9 Å². The lowest BCUT2D eigenvalue weighted by Gasteiger charge is -2.08. The largest absolute Gasteiger partial charge is 0.417 e. The summed E-state index contributed by atoms with van der Waals surface area (Å²) in [5.74, 6) is -0.668. The van der Waals surface area contributed by atoms with Crippen molar-refractivity contribution in [2.75, 3.05) is 0 Å². The SMILES string of the molecule is Cc1ccc(CNS(=O)(=O)c2cc3oc(=O)[nH]c3cc2Cl)cc1. The van der Waals surface area contributed by atoms with E-state index >= 15 is 0 Å². The second-order valence-electron chi connectivity index (χ2n) is 5.10. The number of nitrogens with one attached hydrogen (secondary N) is 2. The van der Waals surface area contributed by atoms with Gasteiger partial charge >= 0.3 is 5.76 Å². The van der Waals surface area contributed by atoms with E-state index < -0.39 is 15.8 Å². The highest BCUT2D eigenvalue weighted by atomic mass is 35.5. The Morgan fingerprint density at radius 1 is 1.22 bits per heavy atom. The molecule has 0 unspecified atom stereocenters. The number of halogens is 1. The van der Waals surface area contributed by atoms with Crippen molar-refractivity contribution in [2.24, 2.45) is 0 Å². The Kier molecular flexibility index (Phi) is 4.01. The highest BCUT2D eigenvalue weighted by Crippen LogP contribution is 2.26. The number of sulfonamides is 1. The Balaban J connectivity index is 1.91. The third kappa shape index (κ3) is 3.31. The summed E-state index contributed by atoms with van der Waals surface area (Å²) in [6, 6.07) is 10.1. The van der Waals surface area contributed by atoms with E-state index in [0.29, 0.717) is 5.52 Å². The van der Waals surface area contributed by atoms with E-state index in [9.17, 15) is 13.2 Å². The molecule has 0 aliphatic carbocycles. The lowest BCUT2D eigenvalue weighted by molar-refractivity contribution is 0.553. The Bertz CT molecular complexity index is 1020. The maximum Gasteiger partial charge on any atom is 0.417 e. The average molecular weight is 353 g/mol. The summed E-state index contributed by atoms with van der Waals surface area (Å²) in [6.07, 6.45) is 0. The van der Waals surface area contributed by atoms with Gasteiger partial charge in [-0.15, -0.1) is 0 Å². The molecule has 0 aliphatic rings. The van der Waals surface area contributed by atoms with E-state index in [1.807, 2.05) is 31.2 Å². The van der Waals surface area contributed by atoms with Crippen LogP contribution in [0.1, 0.15) is 11.1 Å². The Labute approximate surface area is 137 Å². The molecule has 23 heavy (non-hydrogen) atoms. The summed E-state index contributed by atoms with van der Waals surface area (Å²) >= 11 is 6.02. The van der Waals surface area contributed by atoms with Crippen LogP contribution in [-0.4, -0.2) is 13.4 Å². The minimum atomic E-state index is -3.84. The van der Waals surface area contributed by atoms with Crippen LogP contribution in [0, 0.1) is 6.92 Å². The molecule has 3 aromatic rings. The number of rotatable bonds is 4. The normalized spacial score (nSPS) is 11.9. The molecule has 0 bridgehead atoms. The van der Waals surface area contributed by atoms with Gasteiger partial charge in [0.2, 0.25) is 10.0 Å². The van der Waals surface area contributed by atoms with E-state index in [4.69, 9.17) is 16.0 Å². The van der Waals surface area contributed by atoms with E-state index in [-0.39, 0.29) is 22.0 Å². The van der Waals surface area contributed by atoms with Gasteiger partial charge in [0.25, 0.3) is 0 Å². The third-order valence-corrected chi connectivity index (χ3v) is 5.22. The molecule has 120 valence electrons. The fraction of sp³-hybridized carbons (Fsp3) is 0.133. The first kappa shape index (κ1) is 15.8. The van der Waals surface area contributed by atoms with Gasteiger partial charge in [-0.3, -0.25) is 4.98 Å². The van der Waals surface area contributed by atoms with Gasteiger partial charge in [-0.1, -0.05) is 41.4 Å². The molecule has 2 aromatic carbocycles. The lowest BCUT2D eigenvalue weighted by atomic mass is 10.2. The fourth-order valence-corrected chi connectivity index (χ4v) is 3.68. The van der Waals surface area contributed by atoms with E-state index in [1.54, 1.807) is 0 Å². The van der Waals surface area contributed by atoms with E-state index in [2.05, 4.69) is 9.71 Å². The van der Waals surface area contributed by atoms with Gasteiger partial charge < -0.3 is 4.42 Å².